The van der Waals surface area contributed by atoms with Gasteiger partial charge in [-0.15, -0.1) is 0 Å². The highest BCUT2D eigenvalue weighted by Crippen LogP contribution is 2.17. The fourth-order valence-corrected chi connectivity index (χ4v) is 1.78. The van der Waals surface area contributed by atoms with E-state index in [2.05, 4.69) is 9.72 Å². The van der Waals surface area contributed by atoms with Crippen LogP contribution in [0.5, 0.6) is 5.75 Å². The summed E-state index contributed by atoms with van der Waals surface area (Å²) in [5.74, 6) is 0.0602. The van der Waals surface area contributed by atoms with Crippen LogP contribution in [0.15, 0.2) is 35.4 Å². The van der Waals surface area contributed by atoms with E-state index in [1.54, 1.807) is 18.2 Å². The van der Waals surface area contributed by atoms with Gasteiger partial charge in [0.05, 0.1) is 24.1 Å². The van der Waals surface area contributed by atoms with Gasteiger partial charge in [-0.1, -0.05) is 0 Å². The van der Waals surface area contributed by atoms with E-state index in [0.717, 1.165) is 6.08 Å². The molecule has 1 heterocycles. The maximum Gasteiger partial charge on any atom is 0.331 e. The van der Waals surface area contributed by atoms with Crippen LogP contribution in [0, 0.1) is 0 Å². The number of hydrogen-bond donors (Lipinski definition) is 0. The number of benzene rings is 1. The molecule has 0 bridgehead atoms. The van der Waals surface area contributed by atoms with Crippen molar-refractivity contribution in [3.05, 3.63) is 41.0 Å². The SMILES string of the molecule is COC(=O)C=Cn1cnc2ccc(OC(C)C)cc2c1=O. The second kappa shape index (κ2) is 6.21. The normalized spacial score (nSPS) is 11.2. The molecular formula is C15H16N2O4. The van der Waals surface area contributed by atoms with Crippen molar-refractivity contribution in [1.29, 1.82) is 0 Å². The van der Waals surface area contributed by atoms with Crippen LogP contribution in [0.4, 0.5) is 0 Å². The van der Waals surface area contributed by atoms with E-state index < -0.39 is 5.97 Å². The van der Waals surface area contributed by atoms with Crippen LogP contribution in [-0.4, -0.2) is 28.7 Å². The Morgan fingerprint density at radius 3 is 2.81 bits per heavy atom. The molecule has 0 aliphatic carbocycles. The molecule has 110 valence electrons. The average Bonchev–Trinajstić information content (AvgIpc) is 2.46. The Morgan fingerprint density at radius 2 is 2.14 bits per heavy atom. The molecule has 2 aromatic rings. The Kier molecular flexibility index (Phi) is 4.37. The van der Waals surface area contributed by atoms with Gasteiger partial charge in [0.15, 0.2) is 0 Å². The van der Waals surface area contributed by atoms with E-state index in [0.29, 0.717) is 16.7 Å². The lowest BCUT2D eigenvalue weighted by molar-refractivity contribution is -0.134. The third-order valence-electron chi connectivity index (χ3n) is 2.70. The second-order valence-electron chi connectivity index (χ2n) is 4.64. The van der Waals surface area contributed by atoms with Crippen molar-refractivity contribution in [3.63, 3.8) is 0 Å². The molecule has 1 aromatic heterocycles. The molecule has 0 aliphatic rings. The summed E-state index contributed by atoms with van der Waals surface area (Å²) in [6, 6.07) is 5.14. The quantitative estimate of drug-likeness (QED) is 0.634. The number of aromatic nitrogens is 2. The second-order valence-corrected chi connectivity index (χ2v) is 4.64. The number of rotatable bonds is 4. The summed E-state index contributed by atoms with van der Waals surface area (Å²) in [7, 11) is 1.27. The maximum atomic E-state index is 12.3. The largest absolute Gasteiger partial charge is 0.491 e. The van der Waals surface area contributed by atoms with Crippen molar-refractivity contribution in [3.8, 4) is 5.75 Å². The topological polar surface area (TPSA) is 70.4 Å². The Hall–Kier alpha value is -2.63. The predicted octanol–water partition coefficient (Wildman–Crippen LogP) is 1.83. The highest BCUT2D eigenvalue weighted by atomic mass is 16.5. The Labute approximate surface area is 121 Å². The van der Waals surface area contributed by atoms with Gasteiger partial charge in [0.25, 0.3) is 5.56 Å². The van der Waals surface area contributed by atoms with Crippen LogP contribution in [0.25, 0.3) is 17.1 Å². The van der Waals surface area contributed by atoms with Gasteiger partial charge >= 0.3 is 5.97 Å². The zero-order valence-electron chi connectivity index (χ0n) is 12.1. The first-order valence-electron chi connectivity index (χ1n) is 6.45. The third kappa shape index (κ3) is 3.47. The first-order valence-corrected chi connectivity index (χ1v) is 6.45. The summed E-state index contributed by atoms with van der Waals surface area (Å²) in [6.07, 6.45) is 3.84. The van der Waals surface area contributed by atoms with Gasteiger partial charge in [-0.2, -0.15) is 0 Å². The van der Waals surface area contributed by atoms with E-state index >= 15 is 0 Å². The van der Waals surface area contributed by atoms with Crippen molar-refractivity contribution < 1.29 is 14.3 Å². The molecule has 21 heavy (non-hydrogen) atoms. The number of hydrogen-bond acceptors (Lipinski definition) is 5. The van der Waals surface area contributed by atoms with Crippen molar-refractivity contribution in [2.75, 3.05) is 7.11 Å². The number of nitrogens with zero attached hydrogens (tertiary/aromatic N) is 2. The molecule has 0 unspecified atom stereocenters. The highest BCUT2D eigenvalue weighted by Gasteiger charge is 2.06. The molecule has 0 aliphatic heterocycles. The summed E-state index contributed by atoms with van der Waals surface area (Å²) < 4.78 is 11.3. The van der Waals surface area contributed by atoms with Crippen LogP contribution in [0.3, 0.4) is 0 Å². The van der Waals surface area contributed by atoms with Gasteiger partial charge in [-0.25, -0.2) is 9.78 Å². The molecule has 2 rings (SSSR count). The number of esters is 1. The molecule has 0 amide bonds. The number of ether oxygens (including phenoxy) is 2. The molecule has 0 fully saturated rings. The molecule has 0 N–H and O–H groups in total. The zero-order valence-corrected chi connectivity index (χ0v) is 12.1. The lowest BCUT2D eigenvalue weighted by Crippen LogP contribution is -2.16. The summed E-state index contributed by atoms with van der Waals surface area (Å²) in [5.41, 5.74) is 0.285. The van der Waals surface area contributed by atoms with Crippen LogP contribution >= 0.6 is 0 Å². The molecule has 6 nitrogen and oxygen atoms in total. The van der Waals surface area contributed by atoms with Gasteiger partial charge in [-0.05, 0) is 32.0 Å². The molecule has 0 saturated carbocycles. The molecule has 0 atom stereocenters. The van der Waals surface area contributed by atoms with Crippen molar-refractivity contribution >= 4 is 23.1 Å². The highest BCUT2D eigenvalue weighted by molar-refractivity contribution is 5.85. The minimum Gasteiger partial charge on any atom is -0.491 e. The Bertz CT molecular complexity index is 747. The van der Waals surface area contributed by atoms with E-state index in [1.165, 1.54) is 24.2 Å². The predicted molar refractivity (Wildman–Crippen MR) is 79.1 cm³/mol. The first kappa shape index (κ1) is 14.8. The minimum absolute atomic E-state index is 0.0144. The van der Waals surface area contributed by atoms with Crippen LogP contribution < -0.4 is 10.3 Å². The minimum atomic E-state index is -0.543. The monoisotopic (exact) mass is 288 g/mol. The maximum absolute atomic E-state index is 12.3. The zero-order chi connectivity index (χ0) is 15.4. The standard InChI is InChI=1S/C15H16N2O4/c1-10(2)21-11-4-5-13-12(8-11)15(19)17(9-16-13)7-6-14(18)20-3/h4-10H,1-3H3. The number of fused-ring (bicyclic) bond motifs is 1. The summed E-state index contributed by atoms with van der Waals surface area (Å²) in [4.78, 5) is 27.6. The van der Waals surface area contributed by atoms with Crippen LogP contribution in [-0.2, 0) is 9.53 Å². The summed E-state index contributed by atoms with van der Waals surface area (Å²) >= 11 is 0. The molecule has 1 aromatic carbocycles. The van der Waals surface area contributed by atoms with Crippen LogP contribution in [0.1, 0.15) is 13.8 Å². The van der Waals surface area contributed by atoms with E-state index in [9.17, 15) is 9.59 Å². The van der Waals surface area contributed by atoms with Crippen molar-refractivity contribution in [2.45, 2.75) is 20.0 Å². The number of methoxy groups -OCH3 is 1. The average molecular weight is 288 g/mol. The molecule has 0 radical (unpaired) electrons. The fraction of sp³-hybridized carbons (Fsp3) is 0.267. The third-order valence-corrected chi connectivity index (χ3v) is 2.70. The van der Waals surface area contributed by atoms with E-state index in [-0.39, 0.29) is 11.7 Å². The molecule has 0 saturated heterocycles. The molecule has 6 heteroatoms. The van der Waals surface area contributed by atoms with Gasteiger partial charge in [0, 0.05) is 12.3 Å². The summed E-state index contributed by atoms with van der Waals surface area (Å²) in [6.45, 7) is 3.82. The molecular weight excluding hydrogens is 272 g/mol. The van der Waals surface area contributed by atoms with Crippen molar-refractivity contribution in [2.24, 2.45) is 0 Å². The number of carbonyl (C=O) groups is 1. The first-order chi connectivity index (χ1) is 10.0. The fourth-order valence-electron chi connectivity index (χ4n) is 1.78. The van der Waals surface area contributed by atoms with E-state index in [1.807, 2.05) is 13.8 Å². The van der Waals surface area contributed by atoms with Crippen molar-refractivity contribution in [1.82, 2.24) is 9.55 Å². The van der Waals surface area contributed by atoms with Gasteiger partial charge in [-0.3, -0.25) is 9.36 Å². The van der Waals surface area contributed by atoms with E-state index in [4.69, 9.17) is 4.74 Å². The lowest BCUT2D eigenvalue weighted by atomic mass is 10.2. The summed E-state index contributed by atoms with van der Waals surface area (Å²) in [5, 5.41) is 0.421. The molecule has 0 spiro atoms. The smallest absolute Gasteiger partial charge is 0.331 e. The van der Waals surface area contributed by atoms with Gasteiger partial charge in [0.1, 0.15) is 12.1 Å². The van der Waals surface area contributed by atoms with Crippen LogP contribution in [0.2, 0.25) is 0 Å². The lowest BCUT2D eigenvalue weighted by Gasteiger charge is -2.10. The van der Waals surface area contributed by atoms with Gasteiger partial charge < -0.3 is 9.47 Å². The Morgan fingerprint density at radius 1 is 1.38 bits per heavy atom. The number of carbonyl (C=O) groups excluding carboxylic acids is 1. The Balaban J connectivity index is 2.46. The van der Waals surface area contributed by atoms with Gasteiger partial charge in [0.2, 0.25) is 0 Å².